The molecule has 5 nitrogen and oxygen atoms in total. The average molecular weight is 220 g/mol. The molecule has 16 heavy (non-hydrogen) atoms. The first-order valence-corrected chi connectivity index (χ1v) is 5.71. The van der Waals surface area contributed by atoms with E-state index in [1.54, 1.807) is 6.07 Å². The van der Waals surface area contributed by atoms with Gasteiger partial charge in [0.25, 0.3) is 5.56 Å². The molecule has 3 rings (SSSR count). The minimum atomic E-state index is -0.136. The lowest BCUT2D eigenvalue weighted by Gasteiger charge is -2.19. The SMILES string of the molecule is CN1C[C@@H]2CN(c3ccc(=O)[nH]n3)C[C@H]2C1. The Kier molecular flexibility index (Phi) is 2.21. The summed E-state index contributed by atoms with van der Waals surface area (Å²) in [5.41, 5.74) is -0.136. The van der Waals surface area contributed by atoms with Gasteiger partial charge in [-0.05, 0) is 24.9 Å². The molecular weight excluding hydrogens is 204 g/mol. The van der Waals surface area contributed by atoms with Gasteiger partial charge >= 0.3 is 0 Å². The second-order valence-corrected chi connectivity index (χ2v) is 4.93. The Bertz CT molecular complexity index is 409. The summed E-state index contributed by atoms with van der Waals surface area (Å²) in [5, 5.41) is 6.58. The molecule has 0 unspecified atom stereocenters. The molecule has 2 aliphatic heterocycles. The van der Waals surface area contributed by atoms with E-state index in [9.17, 15) is 4.79 Å². The maximum atomic E-state index is 10.9. The Labute approximate surface area is 94.1 Å². The monoisotopic (exact) mass is 220 g/mol. The van der Waals surface area contributed by atoms with Crippen LogP contribution in [0.15, 0.2) is 16.9 Å². The summed E-state index contributed by atoms with van der Waals surface area (Å²) >= 11 is 0. The van der Waals surface area contributed by atoms with Crippen molar-refractivity contribution in [2.45, 2.75) is 0 Å². The number of rotatable bonds is 1. The van der Waals surface area contributed by atoms with E-state index in [2.05, 4.69) is 27.0 Å². The Morgan fingerprint density at radius 2 is 1.94 bits per heavy atom. The number of aromatic amines is 1. The summed E-state index contributed by atoms with van der Waals surface area (Å²) in [6, 6.07) is 3.35. The molecule has 2 atom stereocenters. The van der Waals surface area contributed by atoms with Gasteiger partial charge in [-0.2, -0.15) is 5.10 Å². The molecule has 0 bridgehead atoms. The van der Waals surface area contributed by atoms with Gasteiger partial charge in [0, 0.05) is 32.2 Å². The van der Waals surface area contributed by atoms with Crippen molar-refractivity contribution in [1.29, 1.82) is 0 Å². The van der Waals surface area contributed by atoms with E-state index in [-0.39, 0.29) is 5.56 Å². The quantitative estimate of drug-likeness (QED) is 0.710. The molecule has 1 aromatic heterocycles. The third-order valence-corrected chi connectivity index (χ3v) is 3.66. The fourth-order valence-electron chi connectivity index (χ4n) is 2.93. The summed E-state index contributed by atoms with van der Waals surface area (Å²) in [7, 11) is 2.18. The number of anilines is 1. The number of nitrogens with zero attached hydrogens (tertiary/aromatic N) is 3. The zero-order valence-corrected chi connectivity index (χ0v) is 9.39. The molecule has 0 saturated carbocycles. The molecule has 0 aliphatic carbocycles. The van der Waals surface area contributed by atoms with Gasteiger partial charge in [0.2, 0.25) is 0 Å². The standard InChI is InChI=1S/C11H16N4O/c1-14-4-8-6-15(7-9(8)5-14)10-2-3-11(16)13-12-10/h2-3,8-9H,4-7H2,1H3,(H,13,16)/t8-,9-/m1/s1. The summed E-state index contributed by atoms with van der Waals surface area (Å²) < 4.78 is 0. The fraction of sp³-hybridized carbons (Fsp3) is 0.636. The molecule has 0 spiro atoms. The van der Waals surface area contributed by atoms with Crippen molar-refractivity contribution < 1.29 is 0 Å². The highest BCUT2D eigenvalue weighted by atomic mass is 16.1. The van der Waals surface area contributed by atoms with Crippen LogP contribution in [0.2, 0.25) is 0 Å². The van der Waals surface area contributed by atoms with Crippen molar-refractivity contribution in [2.24, 2.45) is 11.8 Å². The second kappa shape index (κ2) is 3.59. The van der Waals surface area contributed by atoms with Crippen molar-refractivity contribution in [3.05, 3.63) is 22.5 Å². The number of likely N-dealkylation sites (tertiary alicyclic amines) is 1. The Morgan fingerprint density at radius 3 is 2.50 bits per heavy atom. The minimum Gasteiger partial charge on any atom is -0.355 e. The van der Waals surface area contributed by atoms with Crippen LogP contribution in [-0.2, 0) is 0 Å². The number of nitrogens with one attached hydrogen (secondary N) is 1. The molecule has 1 aromatic rings. The minimum absolute atomic E-state index is 0.136. The first-order valence-electron chi connectivity index (χ1n) is 5.71. The summed E-state index contributed by atoms with van der Waals surface area (Å²) in [4.78, 5) is 15.6. The van der Waals surface area contributed by atoms with Crippen LogP contribution in [0, 0.1) is 11.8 Å². The predicted octanol–water partition coefficient (Wildman–Crippen LogP) is -0.232. The van der Waals surface area contributed by atoms with Crippen LogP contribution in [0.25, 0.3) is 0 Å². The Balaban J connectivity index is 1.75. The second-order valence-electron chi connectivity index (χ2n) is 4.93. The van der Waals surface area contributed by atoms with Crippen molar-refractivity contribution in [3.63, 3.8) is 0 Å². The van der Waals surface area contributed by atoms with Crippen molar-refractivity contribution in [3.8, 4) is 0 Å². The average Bonchev–Trinajstić information content (AvgIpc) is 2.75. The van der Waals surface area contributed by atoms with E-state index in [0.29, 0.717) is 0 Å². The lowest BCUT2D eigenvalue weighted by atomic mass is 10.0. The van der Waals surface area contributed by atoms with Gasteiger partial charge in [-0.3, -0.25) is 4.79 Å². The first-order chi connectivity index (χ1) is 7.72. The Morgan fingerprint density at radius 1 is 1.25 bits per heavy atom. The van der Waals surface area contributed by atoms with Crippen LogP contribution in [0.4, 0.5) is 5.82 Å². The molecule has 86 valence electrons. The van der Waals surface area contributed by atoms with Gasteiger partial charge in [0.15, 0.2) is 0 Å². The van der Waals surface area contributed by atoms with E-state index in [1.165, 1.54) is 13.1 Å². The highest BCUT2D eigenvalue weighted by Crippen LogP contribution is 2.31. The highest BCUT2D eigenvalue weighted by Gasteiger charge is 2.38. The van der Waals surface area contributed by atoms with E-state index in [0.717, 1.165) is 30.7 Å². The number of aromatic nitrogens is 2. The lowest BCUT2D eigenvalue weighted by molar-refractivity contribution is 0.386. The van der Waals surface area contributed by atoms with Gasteiger partial charge in [0.1, 0.15) is 5.82 Å². The zero-order valence-electron chi connectivity index (χ0n) is 9.39. The maximum absolute atomic E-state index is 10.9. The van der Waals surface area contributed by atoms with Crippen LogP contribution in [0.1, 0.15) is 0 Å². The first kappa shape index (κ1) is 9.84. The third-order valence-electron chi connectivity index (χ3n) is 3.66. The van der Waals surface area contributed by atoms with E-state index in [1.807, 2.05) is 6.07 Å². The normalized spacial score (nSPS) is 29.7. The largest absolute Gasteiger partial charge is 0.355 e. The van der Waals surface area contributed by atoms with Crippen LogP contribution in [0.5, 0.6) is 0 Å². The molecule has 3 heterocycles. The van der Waals surface area contributed by atoms with Crippen LogP contribution in [-0.4, -0.2) is 48.3 Å². The van der Waals surface area contributed by atoms with Crippen LogP contribution in [0.3, 0.4) is 0 Å². The van der Waals surface area contributed by atoms with Crippen LogP contribution >= 0.6 is 0 Å². The summed E-state index contributed by atoms with van der Waals surface area (Å²) in [6.07, 6.45) is 0. The van der Waals surface area contributed by atoms with E-state index in [4.69, 9.17) is 0 Å². The predicted molar refractivity (Wildman–Crippen MR) is 61.5 cm³/mol. The molecule has 5 heteroatoms. The van der Waals surface area contributed by atoms with Gasteiger partial charge < -0.3 is 9.80 Å². The van der Waals surface area contributed by atoms with Crippen molar-refractivity contribution >= 4 is 5.82 Å². The van der Waals surface area contributed by atoms with Gasteiger partial charge in [0.05, 0.1) is 0 Å². The molecule has 2 fully saturated rings. The van der Waals surface area contributed by atoms with Crippen molar-refractivity contribution in [1.82, 2.24) is 15.1 Å². The summed E-state index contributed by atoms with van der Waals surface area (Å²) in [6.45, 7) is 4.50. The molecular formula is C11H16N4O. The molecule has 0 radical (unpaired) electrons. The number of hydrogen-bond acceptors (Lipinski definition) is 4. The zero-order chi connectivity index (χ0) is 11.1. The van der Waals surface area contributed by atoms with Gasteiger partial charge in [-0.1, -0.05) is 0 Å². The third kappa shape index (κ3) is 1.61. The van der Waals surface area contributed by atoms with Crippen LogP contribution < -0.4 is 10.5 Å². The number of fused-ring (bicyclic) bond motifs is 1. The molecule has 2 saturated heterocycles. The Hall–Kier alpha value is -1.36. The smallest absolute Gasteiger partial charge is 0.264 e. The van der Waals surface area contributed by atoms with E-state index < -0.39 is 0 Å². The number of hydrogen-bond donors (Lipinski definition) is 1. The highest BCUT2D eigenvalue weighted by molar-refractivity contribution is 5.38. The maximum Gasteiger partial charge on any atom is 0.264 e. The van der Waals surface area contributed by atoms with Gasteiger partial charge in [-0.15, -0.1) is 0 Å². The van der Waals surface area contributed by atoms with Crippen molar-refractivity contribution in [2.75, 3.05) is 38.1 Å². The molecule has 0 aromatic carbocycles. The number of H-pyrrole nitrogens is 1. The topological polar surface area (TPSA) is 52.2 Å². The fourth-order valence-corrected chi connectivity index (χ4v) is 2.93. The van der Waals surface area contributed by atoms with E-state index >= 15 is 0 Å². The molecule has 1 N–H and O–H groups in total. The lowest BCUT2D eigenvalue weighted by Crippen LogP contribution is -2.28. The molecule has 2 aliphatic rings. The summed E-state index contributed by atoms with van der Waals surface area (Å²) in [5.74, 6) is 2.43. The van der Waals surface area contributed by atoms with Gasteiger partial charge in [-0.25, -0.2) is 5.10 Å². The molecule has 0 amide bonds.